The summed E-state index contributed by atoms with van der Waals surface area (Å²) < 4.78 is 7.25. The maximum absolute atomic E-state index is 13.3. The summed E-state index contributed by atoms with van der Waals surface area (Å²) in [4.78, 5) is 15.1. The summed E-state index contributed by atoms with van der Waals surface area (Å²) in [5.74, 6) is 0.820. The Kier molecular flexibility index (Phi) is 5.08. The largest absolute Gasteiger partial charge is 0.497 e. The van der Waals surface area contributed by atoms with Gasteiger partial charge in [-0.3, -0.25) is 4.79 Å². The number of benzene rings is 2. The lowest BCUT2D eigenvalue weighted by Crippen LogP contribution is -2.33. The molecule has 25 heavy (non-hydrogen) atoms. The van der Waals surface area contributed by atoms with E-state index in [2.05, 4.69) is 6.92 Å². The molecule has 4 heteroatoms. The number of nitrogens with zero attached hydrogens (tertiary/aromatic N) is 2. The van der Waals surface area contributed by atoms with Gasteiger partial charge in [-0.15, -0.1) is 0 Å². The zero-order valence-electron chi connectivity index (χ0n) is 15.0. The number of aryl methyl sites for hydroxylation is 1. The maximum atomic E-state index is 13.3. The second kappa shape index (κ2) is 7.43. The first-order valence-electron chi connectivity index (χ1n) is 8.66. The predicted octanol–water partition coefficient (Wildman–Crippen LogP) is 4.63. The van der Waals surface area contributed by atoms with Crippen molar-refractivity contribution in [1.82, 2.24) is 4.57 Å². The molecular formula is C21H24N2O2. The molecule has 0 atom stereocenters. The highest BCUT2D eigenvalue weighted by Crippen LogP contribution is 2.26. The van der Waals surface area contributed by atoms with Gasteiger partial charge >= 0.3 is 0 Å². The molecule has 0 spiro atoms. The second-order valence-electron chi connectivity index (χ2n) is 6.16. The first-order chi connectivity index (χ1) is 12.2. The van der Waals surface area contributed by atoms with Crippen LogP contribution in [0, 0.1) is 0 Å². The summed E-state index contributed by atoms with van der Waals surface area (Å²) in [6.45, 7) is 2.85. The fourth-order valence-electron chi connectivity index (χ4n) is 3.07. The smallest absolute Gasteiger partial charge is 0.274 e. The van der Waals surface area contributed by atoms with E-state index >= 15 is 0 Å². The molecule has 0 saturated carbocycles. The highest BCUT2D eigenvalue weighted by molar-refractivity contribution is 6.08. The number of ether oxygens (including phenoxy) is 1. The first kappa shape index (κ1) is 17.1. The van der Waals surface area contributed by atoms with Gasteiger partial charge in [0.05, 0.1) is 7.11 Å². The average Bonchev–Trinajstić information content (AvgIpc) is 2.98. The SMILES string of the molecule is CCCCN(C(=O)c1cc2cc(OC)ccc2n1C)c1ccccc1. The van der Waals surface area contributed by atoms with Crippen LogP contribution in [-0.4, -0.2) is 24.1 Å². The highest BCUT2D eigenvalue weighted by atomic mass is 16.5. The Bertz CT molecular complexity index is 868. The molecule has 1 aromatic heterocycles. The topological polar surface area (TPSA) is 34.5 Å². The number of fused-ring (bicyclic) bond motifs is 1. The van der Waals surface area contributed by atoms with Crippen LogP contribution in [0.1, 0.15) is 30.3 Å². The number of anilines is 1. The number of hydrogen-bond donors (Lipinski definition) is 0. The van der Waals surface area contributed by atoms with Crippen LogP contribution in [0.3, 0.4) is 0 Å². The van der Waals surface area contributed by atoms with Gasteiger partial charge in [0.15, 0.2) is 0 Å². The number of hydrogen-bond acceptors (Lipinski definition) is 2. The van der Waals surface area contributed by atoms with Crippen molar-refractivity contribution >= 4 is 22.5 Å². The number of carbonyl (C=O) groups excluding carboxylic acids is 1. The van der Waals surface area contributed by atoms with Gasteiger partial charge in [0, 0.05) is 30.2 Å². The van der Waals surface area contributed by atoms with Crippen LogP contribution in [0.15, 0.2) is 54.6 Å². The van der Waals surface area contributed by atoms with E-state index in [4.69, 9.17) is 4.74 Å². The van der Waals surface area contributed by atoms with Crippen molar-refractivity contribution in [2.24, 2.45) is 7.05 Å². The minimum atomic E-state index is 0.0253. The van der Waals surface area contributed by atoms with Crippen molar-refractivity contribution in [2.45, 2.75) is 19.8 Å². The normalized spacial score (nSPS) is 10.8. The van der Waals surface area contributed by atoms with Crippen molar-refractivity contribution in [2.75, 3.05) is 18.6 Å². The van der Waals surface area contributed by atoms with Crippen LogP contribution in [0.5, 0.6) is 5.75 Å². The Morgan fingerprint density at radius 1 is 1.12 bits per heavy atom. The zero-order chi connectivity index (χ0) is 17.8. The van der Waals surface area contributed by atoms with Gasteiger partial charge < -0.3 is 14.2 Å². The van der Waals surface area contributed by atoms with E-state index in [-0.39, 0.29) is 5.91 Å². The Labute approximate surface area is 148 Å². The summed E-state index contributed by atoms with van der Waals surface area (Å²) in [5, 5.41) is 1.01. The molecule has 3 aromatic rings. The molecule has 1 amide bonds. The molecule has 0 aliphatic carbocycles. The third-order valence-electron chi connectivity index (χ3n) is 4.52. The molecule has 0 aliphatic rings. The Balaban J connectivity index is 2.01. The Morgan fingerprint density at radius 3 is 2.56 bits per heavy atom. The molecule has 0 bridgehead atoms. The van der Waals surface area contributed by atoms with Crippen molar-refractivity contribution in [3.63, 3.8) is 0 Å². The lowest BCUT2D eigenvalue weighted by Gasteiger charge is -2.23. The lowest BCUT2D eigenvalue weighted by molar-refractivity contribution is 0.0979. The van der Waals surface area contributed by atoms with E-state index < -0.39 is 0 Å². The number of methoxy groups -OCH3 is 1. The van der Waals surface area contributed by atoms with E-state index in [1.165, 1.54) is 0 Å². The molecule has 0 N–H and O–H groups in total. The fourth-order valence-corrected chi connectivity index (χ4v) is 3.07. The third-order valence-corrected chi connectivity index (χ3v) is 4.52. The van der Waals surface area contributed by atoms with Crippen molar-refractivity contribution in [1.29, 1.82) is 0 Å². The van der Waals surface area contributed by atoms with E-state index in [1.807, 2.05) is 71.1 Å². The summed E-state index contributed by atoms with van der Waals surface area (Å²) in [6.07, 6.45) is 2.02. The number of aromatic nitrogens is 1. The second-order valence-corrected chi connectivity index (χ2v) is 6.16. The Morgan fingerprint density at radius 2 is 1.88 bits per heavy atom. The van der Waals surface area contributed by atoms with E-state index in [0.29, 0.717) is 12.2 Å². The van der Waals surface area contributed by atoms with Gasteiger partial charge in [-0.25, -0.2) is 0 Å². The van der Waals surface area contributed by atoms with Crippen molar-refractivity contribution in [3.8, 4) is 5.75 Å². The van der Waals surface area contributed by atoms with E-state index in [1.54, 1.807) is 7.11 Å². The predicted molar refractivity (Wildman–Crippen MR) is 102 cm³/mol. The standard InChI is InChI=1S/C21H24N2O2/c1-4-5-13-23(17-9-7-6-8-10-17)21(24)20-15-16-14-18(25-3)11-12-19(16)22(20)2/h6-12,14-15H,4-5,13H2,1-3H3. The van der Waals surface area contributed by atoms with Crippen LogP contribution in [-0.2, 0) is 7.05 Å². The lowest BCUT2D eigenvalue weighted by atomic mass is 10.2. The number of amides is 1. The van der Waals surface area contributed by atoms with Crippen molar-refractivity contribution in [3.05, 3.63) is 60.3 Å². The summed E-state index contributed by atoms with van der Waals surface area (Å²) >= 11 is 0. The molecular weight excluding hydrogens is 312 g/mol. The monoisotopic (exact) mass is 336 g/mol. The molecule has 2 aromatic carbocycles. The Hall–Kier alpha value is -2.75. The summed E-state index contributed by atoms with van der Waals surface area (Å²) in [7, 11) is 3.59. The third kappa shape index (κ3) is 3.38. The molecule has 0 radical (unpaired) electrons. The molecule has 4 nitrogen and oxygen atoms in total. The summed E-state index contributed by atoms with van der Waals surface area (Å²) in [5.41, 5.74) is 2.64. The molecule has 0 unspecified atom stereocenters. The van der Waals surface area contributed by atoms with Gasteiger partial charge in [0.25, 0.3) is 5.91 Å². The van der Waals surface area contributed by atoms with Gasteiger partial charge in [-0.2, -0.15) is 0 Å². The van der Waals surface area contributed by atoms with Crippen LogP contribution >= 0.6 is 0 Å². The van der Waals surface area contributed by atoms with E-state index in [9.17, 15) is 4.79 Å². The minimum absolute atomic E-state index is 0.0253. The number of carbonyl (C=O) groups is 1. The van der Waals surface area contributed by atoms with Gasteiger partial charge in [0.2, 0.25) is 0 Å². The molecule has 0 saturated heterocycles. The molecule has 1 heterocycles. The molecule has 3 rings (SSSR count). The number of para-hydroxylation sites is 1. The molecule has 0 aliphatic heterocycles. The fraction of sp³-hybridized carbons (Fsp3) is 0.286. The van der Waals surface area contributed by atoms with Crippen LogP contribution in [0.4, 0.5) is 5.69 Å². The van der Waals surface area contributed by atoms with E-state index in [0.717, 1.165) is 35.2 Å². The van der Waals surface area contributed by atoms with Gasteiger partial charge in [-0.05, 0) is 42.8 Å². The number of rotatable bonds is 6. The van der Waals surface area contributed by atoms with Crippen LogP contribution < -0.4 is 9.64 Å². The molecule has 130 valence electrons. The quantitative estimate of drug-likeness (QED) is 0.657. The first-order valence-corrected chi connectivity index (χ1v) is 8.66. The maximum Gasteiger partial charge on any atom is 0.274 e. The van der Waals surface area contributed by atoms with Gasteiger partial charge in [0.1, 0.15) is 11.4 Å². The highest BCUT2D eigenvalue weighted by Gasteiger charge is 2.21. The van der Waals surface area contributed by atoms with Crippen LogP contribution in [0.2, 0.25) is 0 Å². The number of unbranched alkanes of at least 4 members (excludes halogenated alkanes) is 1. The molecule has 0 fully saturated rings. The van der Waals surface area contributed by atoms with Gasteiger partial charge in [-0.1, -0.05) is 31.5 Å². The summed E-state index contributed by atoms with van der Waals surface area (Å²) in [6, 6.07) is 17.7. The van der Waals surface area contributed by atoms with Crippen molar-refractivity contribution < 1.29 is 9.53 Å². The minimum Gasteiger partial charge on any atom is -0.497 e. The van der Waals surface area contributed by atoms with Crippen LogP contribution in [0.25, 0.3) is 10.9 Å². The average molecular weight is 336 g/mol. The zero-order valence-corrected chi connectivity index (χ0v) is 15.0.